The summed E-state index contributed by atoms with van der Waals surface area (Å²) in [6.07, 6.45) is 3.95. The van der Waals surface area contributed by atoms with Gasteiger partial charge in [-0.3, -0.25) is 4.79 Å². The SMILES string of the molecule is CCOC(=O)c1c(NC(=O)c2ccc(OCC(C)C)c(Br)c2)sc2c1CCCC2. The summed E-state index contributed by atoms with van der Waals surface area (Å²) < 4.78 is 11.7. The van der Waals surface area contributed by atoms with Crippen molar-refractivity contribution in [2.24, 2.45) is 5.92 Å². The number of halogens is 1. The van der Waals surface area contributed by atoms with Crippen molar-refractivity contribution in [1.29, 1.82) is 0 Å². The number of carbonyl (C=O) groups excluding carboxylic acids is 2. The largest absolute Gasteiger partial charge is 0.492 e. The van der Waals surface area contributed by atoms with Gasteiger partial charge in [0.25, 0.3) is 5.91 Å². The van der Waals surface area contributed by atoms with Crippen LogP contribution in [0.15, 0.2) is 22.7 Å². The Morgan fingerprint density at radius 3 is 2.69 bits per heavy atom. The standard InChI is InChI=1S/C22H26BrNO4S/c1-4-27-22(26)19-15-7-5-6-8-18(15)29-21(19)24-20(25)14-9-10-17(16(23)11-14)28-12-13(2)3/h9-11,13H,4-8,12H2,1-3H3,(H,24,25). The van der Waals surface area contributed by atoms with E-state index in [2.05, 4.69) is 35.1 Å². The third-order valence-electron chi connectivity index (χ3n) is 4.64. The van der Waals surface area contributed by atoms with Gasteiger partial charge in [-0.15, -0.1) is 11.3 Å². The van der Waals surface area contributed by atoms with Crippen molar-refractivity contribution in [3.63, 3.8) is 0 Å². The van der Waals surface area contributed by atoms with Crippen molar-refractivity contribution in [3.05, 3.63) is 44.2 Å². The zero-order valence-electron chi connectivity index (χ0n) is 17.0. The molecule has 1 aliphatic carbocycles. The summed E-state index contributed by atoms with van der Waals surface area (Å²) in [6.45, 7) is 6.86. The quantitative estimate of drug-likeness (QED) is 0.505. The number of anilines is 1. The van der Waals surface area contributed by atoms with E-state index in [1.54, 1.807) is 25.1 Å². The summed E-state index contributed by atoms with van der Waals surface area (Å²) in [6, 6.07) is 5.25. The lowest BCUT2D eigenvalue weighted by Crippen LogP contribution is -2.16. The van der Waals surface area contributed by atoms with Gasteiger partial charge in [-0.2, -0.15) is 0 Å². The molecule has 1 heterocycles. The topological polar surface area (TPSA) is 64.6 Å². The summed E-state index contributed by atoms with van der Waals surface area (Å²) in [5.41, 5.74) is 2.06. The highest BCUT2D eigenvalue weighted by atomic mass is 79.9. The zero-order chi connectivity index (χ0) is 21.0. The molecule has 1 aromatic carbocycles. The molecule has 0 unspecified atom stereocenters. The second-order valence-electron chi connectivity index (χ2n) is 7.44. The number of amides is 1. The number of ether oxygens (including phenoxy) is 2. The number of fused-ring (bicyclic) bond motifs is 1. The molecular weight excluding hydrogens is 454 g/mol. The molecule has 3 rings (SSSR count). The number of thiophene rings is 1. The van der Waals surface area contributed by atoms with Crippen molar-refractivity contribution < 1.29 is 19.1 Å². The van der Waals surface area contributed by atoms with Crippen LogP contribution < -0.4 is 10.1 Å². The van der Waals surface area contributed by atoms with E-state index in [0.29, 0.717) is 41.0 Å². The maximum absolute atomic E-state index is 12.9. The summed E-state index contributed by atoms with van der Waals surface area (Å²) in [4.78, 5) is 26.6. The van der Waals surface area contributed by atoms with Crippen LogP contribution in [-0.2, 0) is 17.6 Å². The monoisotopic (exact) mass is 479 g/mol. The Labute approximate surface area is 183 Å². The molecule has 1 aliphatic rings. The Morgan fingerprint density at radius 2 is 2.00 bits per heavy atom. The Balaban J connectivity index is 1.82. The van der Waals surface area contributed by atoms with Gasteiger partial charge in [0.1, 0.15) is 10.8 Å². The van der Waals surface area contributed by atoms with Gasteiger partial charge in [0.05, 0.1) is 23.2 Å². The maximum Gasteiger partial charge on any atom is 0.341 e. The fraction of sp³-hybridized carbons (Fsp3) is 0.455. The summed E-state index contributed by atoms with van der Waals surface area (Å²) in [7, 11) is 0. The number of hydrogen-bond donors (Lipinski definition) is 1. The second-order valence-corrected chi connectivity index (χ2v) is 9.40. The second kappa shape index (κ2) is 9.76. The molecule has 7 heteroatoms. The van der Waals surface area contributed by atoms with E-state index in [4.69, 9.17) is 9.47 Å². The average Bonchev–Trinajstić information content (AvgIpc) is 3.04. The van der Waals surface area contributed by atoms with Crippen LogP contribution in [0, 0.1) is 5.92 Å². The lowest BCUT2D eigenvalue weighted by molar-refractivity contribution is 0.0526. The van der Waals surface area contributed by atoms with Crippen molar-refractivity contribution in [3.8, 4) is 5.75 Å². The first kappa shape index (κ1) is 21.8. The third-order valence-corrected chi connectivity index (χ3v) is 6.47. The van der Waals surface area contributed by atoms with Crippen LogP contribution in [0.5, 0.6) is 5.75 Å². The van der Waals surface area contributed by atoms with Crippen LogP contribution in [0.2, 0.25) is 0 Å². The number of rotatable bonds is 7. The van der Waals surface area contributed by atoms with E-state index in [-0.39, 0.29) is 11.9 Å². The van der Waals surface area contributed by atoms with E-state index in [1.165, 1.54) is 16.2 Å². The molecule has 0 saturated carbocycles. The molecule has 0 bridgehead atoms. The maximum atomic E-state index is 12.9. The van der Waals surface area contributed by atoms with Gasteiger partial charge in [-0.1, -0.05) is 13.8 Å². The molecule has 2 aromatic rings. The summed E-state index contributed by atoms with van der Waals surface area (Å²) in [5, 5.41) is 3.52. The highest BCUT2D eigenvalue weighted by Gasteiger charge is 2.27. The number of benzene rings is 1. The van der Waals surface area contributed by atoms with Crippen molar-refractivity contribution in [2.75, 3.05) is 18.5 Å². The van der Waals surface area contributed by atoms with Gasteiger partial charge in [0, 0.05) is 10.4 Å². The molecule has 1 amide bonds. The van der Waals surface area contributed by atoms with Crippen LogP contribution in [0.1, 0.15) is 64.8 Å². The van der Waals surface area contributed by atoms with Crippen LogP contribution in [0.4, 0.5) is 5.00 Å². The Hall–Kier alpha value is -1.86. The van der Waals surface area contributed by atoms with Gasteiger partial charge >= 0.3 is 5.97 Å². The van der Waals surface area contributed by atoms with Crippen molar-refractivity contribution in [1.82, 2.24) is 0 Å². The first-order valence-corrected chi connectivity index (χ1v) is 11.6. The van der Waals surface area contributed by atoms with Gasteiger partial charge in [0.15, 0.2) is 0 Å². The van der Waals surface area contributed by atoms with Crippen molar-refractivity contribution in [2.45, 2.75) is 46.5 Å². The van der Waals surface area contributed by atoms with E-state index < -0.39 is 0 Å². The fourth-order valence-electron chi connectivity index (χ4n) is 3.26. The predicted molar refractivity (Wildman–Crippen MR) is 119 cm³/mol. The van der Waals surface area contributed by atoms with Gasteiger partial charge < -0.3 is 14.8 Å². The van der Waals surface area contributed by atoms with Gasteiger partial charge in [-0.05, 0) is 78.2 Å². The lowest BCUT2D eigenvalue weighted by atomic mass is 9.95. The highest BCUT2D eigenvalue weighted by Crippen LogP contribution is 2.39. The van der Waals surface area contributed by atoms with Crippen LogP contribution in [-0.4, -0.2) is 25.1 Å². The molecule has 156 valence electrons. The summed E-state index contributed by atoms with van der Waals surface area (Å²) >= 11 is 4.97. The molecular formula is C22H26BrNO4S. The van der Waals surface area contributed by atoms with Crippen LogP contribution >= 0.6 is 27.3 Å². The Morgan fingerprint density at radius 1 is 1.24 bits per heavy atom. The highest BCUT2D eigenvalue weighted by molar-refractivity contribution is 9.10. The first-order chi connectivity index (χ1) is 13.9. The van der Waals surface area contributed by atoms with Gasteiger partial charge in [0.2, 0.25) is 0 Å². The molecule has 1 aromatic heterocycles. The molecule has 29 heavy (non-hydrogen) atoms. The molecule has 1 N–H and O–H groups in total. The predicted octanol–water partition coefficient (Wildman–Crippen LogP) is 5.85. The smallest absolute Gasteiger partial charge is 0.341 e. The molecule has 0 spiro atoms. The fourth-order valence-corrected chi connectivity index (χ4v) is 5.03. The minimum absolute atomic E-state index is 0.259. The Kier molecular flexibility index (Phi) is 7.35. The van der Waals surface area contributed by atoms with E-state index in [1.807, 2.05) is 0 Å². The number of aryl methyl sites for hydroxylation is 1. The van der Waals surface area contributed by atoms with Crippen LogP contribution in [0.25, 0.3) is 0 Å². The third kappa shape index (κ3) is 5.20. The van der Waals surface area contributed by atoms with E-state index in [0.717, 1.165) is 35.7 Å². The molecule has 0 fully saturated rings. The number of esters is 1. The van der Waals surface area contributed by atoms with E-state index >= 15 is 0 Å². The average molecular weight is 480 g/mol. The first-order valence-electron chi connectivity index (χ1n) is 9.96. The molecule has 0 radical (unpaired) electrons. The minimum Gasteiger partial charge on any atom is -0.492 e. The molecule has 0 aliphatic heterocycles. The van der Waals surface area contributed by atoms with Gasteiger partial charge in [-0.25, -0.2) is 4.79 Å². The normalized spacial score (nSPS) is 13.1. The molecule has 0 atom stereocenters. The zero-order valence-corrected chi connectivity index (χ0v) is 19.4. The van der Waals surface area contributed by atoms with Crippen LogP contribution in [0.3, 0.4) is 0 Å². The number of nitrogens with one attached hydrogen (secondary N) is 1. The lowest BCUT2D eigenvalue weighted by Gasteiger charge is -2.13. The molecule has 0 saturated heterocycles. The number of hydrogen-bond acceptors (Lipinski definition) is 5. The number of carbonyl (C=O) groups is 2. The minimum atomic E-state index is -0.360. The molecule has 5 nitrogen and oxygen atoms in total. The van der Waals surface area contributed by atoms with E-state index in [9.17, 15) is 9.59 Å². The Bertz CT molecular complexity index is 906. The van der Waals surface area contributed by atoms with Crippen molar-refractivity contribution >= 4 is 44.1 Å². The summed E-state index contributed by atoms with van der Waals surface area (Å²) in [5.74, 6) is 0.496.